The van der Waals surface area contributed by atoms with Crippen LogP contribution in [0.2, 0.25) is 0 Å². The Balaban J connectivity index is 1.76. The van der Waals surface area contributed by atoms with Crippen LogP contribution in [0.15, 0.2) is 0 Å². The zero-order valence-electron chi connectivity index (χ0n) is 12.7. The van der Waals surface area contributed by atoms with Crippen LogP contribution in [-0.4, -0.2) is 54.4 Å². The van der Waals surface area contributed by atoms with Gasteiger partial charge in [-0.1, -0.05) is 0 Å². The number of nitrogens with zero attached hydrogens (tertiary/aromatic N) is 1. The lowest BCUT2D eigenvalue weighted by atomic mass is 9.93. The summed E-state index contributed by atoms with van der Waals surface area (Å²) in [4.78, 5) is 24.8. The molecule has 21 heavy (non-hydrogen) atoms. The summed E-state index contributed by atoms with van der Waals surface area (Å²) in [5.41, 5.74) is 0. The molecule has 2 N–H and O–H groups in total. The Labute approximate surface area is 125 Å². The summed E-state index contributed by atoms with van der Waals surface area (Å²) in [7, 11) is 0. The maximum Gasteiger partial charge on any atom is 0.317 e. The van der Waals surface area contributed by atoms with Gasteiger partial charge < -0.3 is 20.1 Å². The van der Waals surface area contributed by atoms with Crippen LogP contribution in [0.3, 0.4) is 0 Å². The van der Waals surface area contributed by atoms with Crippen molar-refractivity contribution in [2.75, 3.05) is 26.3 Å². The molecule has 120 valence electrons. The summed E-state index contributed by atoms with van der Waals surface area (Å²) >= 11 is 0. The number of piperidine rings is 1. The topological polar surface area (TPSA) is 78.9 Å². The molecule has 2 saturated heterocycles. The first kappa shape index (κ1) is 16.1. The summed E-state index contributed by atoms with van der Waals surface area (Å²) in [6.45, 7) is 4.98. The molecule has 0 radical (unpaired) electrons. The van der Waals surface area contributed by atoms with E-state index in [2.05, 4.69) is 5.32 Å². The van der Waals surface area contributed by atoms with Crippen molar-refractivity contribution in [1.82, 2.24) is 10.2 Å². The average Bonchev–Trinajstić information content (AvgIpc) is 2.99. The number of amides is 2. The lowest BCUT2D eigenvalue weighted by Crippen LogP contribution is -2.49. The zero-order valence-corrected chi connectivity index (χ0v) is 12.7. The molecule has 3 atom stereocenters. The number of rotatable bonds is 5. The van der Waals surface area contributed by atoms with Gasteiger partial charge in [0.25, 0.3) is 0 Å². The number of urea groups is 1. The molecule has 2 heterocycles. The quantitative estimate of drug-likeness (QED) is 0.809. The first-order valence-electron chi connectivity index (χ1n) is 7.91. The Bertz CT molecular complexity index is 369. The zero-order chi connectivity index (χ0) is 15.2. The molecule has 3 unspecified atom stereocenters. The van der Waals surface area contributed by atoms with Gasteiger partial charge in [0.2, 0.25) is 0 Å². The lowest BCUT2D eigenvalue weighted by molar-refractivity contribution is -0.137. The van der Waals surface area contributed by atoms with Gasteiger partial charge in [0, 0.05) is 38.1 Å². The summed E-state index contributed by atoms with van der Waals surface area (Å²) in [5, 5.41) is 11.8. The number of nitrogens with one attached hydrogen (secondary N) is 1. The van der Waals surface area contributed by atoms with E-state index < -0.39 is 5.97 Å². The molecule has 2 aliphatic heterocycles. The Kier molecular flexibility index (Phi) is 5.85. The van der Waals surface area contributed by atoms with Crippen molar-refractivity contribution >= 4 is 12.0 Å². The number of likely N-dealkylation sites (tertiary alicyclic amines) is 1. The Morgan fingerprint density at radius 1 is 1.43 bits per heavy atom. The molecule has 6 heteroatoms. The number of hydrogen-bond acceptors (Lipinski definition) is 3. The fourth-order valence-corrected chi connectivity index (χ4v) is 3.16. The molecule has 0 aromatic heterocycles. The van der Waals surface area contributed by atoms with Crippen molar-refractivity contribution in [2.45, 2.75) is 45.1 Å². The van der Waals surface area contributed by atoms with Crippen LogP contribution in [0.25, 0.3) is 0 Å². The number of carbonyl (C=O) groups is 2. The maximum absolute atomic E-state index is 12.3. The van der Waals surface area contributed by atoms with Crippen LogP contribution in [0.1, 0.15) is 39.0 Å². The Hall–Kier alpha value is -1.30. The van der Waals surface area contributed by atoms with Gasteiger partial charge in [0.05, 0.1) is 6.61 Å². The van der Waals surface area contributed by atoms with E-state index in [9.17, 15) is 9.59 Å². The van der Waals surface area contributed by atoms with Gasteiger partial charge >= 0.3 is 12.0 Å². The summed E-state index contributed by atoms with van der Waals surface area (Å²) in [6, 6.07) is 0.105. The molecule has 0 bridgehead atoms. The van der Waals surface area contributed by atoms with Crippen molar-refractivity contribution in [3.63, 3.8) is 0 Å². The highest BCUT2D eigenvalue weighted by molar-refractivity contribution is 5.74. The van der Waals surface area contributed by atoms with Crippen LogP contribution in [0.5, 0.6) is 0 Å². The fourth-order valence-electron chi connectivity index (χ4n) is 3.16. The van der Waals surface area contributed by atoms with Crippen LogP contribution in [0, 0.1) is 11.8 Å². The standard InChI is InChI=1S/C15H26N2O4/c1-11(13-6-8-21-10-13)16-15(20)17-7-2-3-12(9-17)4-5-14(18)19/h11-13H,2-10H2,1H3,(H,16,20)(H,18,19). The molecule has 0 saturated carbocycles. The summed E-state index contributed by atoms with van der Waals surface area (Å²) in [5.74, 6) is -0.0429. The maximum atomic E-state index is 12.3. The summed E-state index contributed by atoms with van der Waals surface area (Å²) in [6.07, 6.45) is 3.82. The van der Waals surface area contributed by atoms with Gasteiger partial charge in [-0.3, -0.25) is 4.79 Å². The number of carbonyl (C=O) groups excluding carboxylic acids is 1. The average molecular weight is 298 g/mol. The number of carboxylic acid groups (broad SMARTS) is 1. The molecular formula is C15H26N2O4. The molecule has 2 amide bonds. The highest BCUT2D eigenvalue weighted by atomic mass is 16.5. The number of ether oxygens (including phenoxy) is 1. The normalized spacial score (nSPS) is 27.4. The smallest absolute Gasteiger partial charge is 0.317 e. The minimum absolute atomic E-state index is 0.0191. The lowest BCUT2D eigenvalue weighted by Gasteiger charge is -2.34. The second-order valence-electron chi connectivity index (χ2n) is 6.25. The number of aliphatic carboxylic acids is 1. The van der Waals surface area contributed by atoms with Crippen molar-refractivity contribution in [3.8, 4) is 0 Å². The van der Waals surface area contributed by atoms with E-state index in [-0.39, 0.29) is 18.5 Å². The largest absolute Gasteiger partial charge is 0.481 e. The first-order valence-corrected chi connectivity index (χ1v) is 7.91. The van der Waals surface area contributed by atoms with Gasteiger partial charge in [0.1, 0.15) is 0 Å². The predicted molar refractivity (Wildman–Crippen MR) is 78.1 cm³/mol. The van der Waals surface area contributed by atoms with Gasteiger partial charge in [-0.2, -0.15) is 0 Å². The monoisotopic (exact) mass is 298 g/mol. The molecule has 2 aliphatic rings. The fraction of sp³-hybridized carbons (Fsp3) is 0.867. The third kappa shape index (κ3) is 4.88. The molecule has 2 fully saturated rings. The van der Waals surface area contributed by atoms with E-state index in [1.807, 2.05) is 11.8 Å². The number of hydrogen-bond donors (Lipinski definition) is 2. The van der Waals surface area contributed by atoms with Crippen molar-refractivity contribution in [2.24, 2.45) is 11.8 Å². The van der Waals surface area contributed by atoms with E-state index in [4.69, 9.17) is 9.84 Å². The van der Waals surface area contributed by atoms with Crippen LogP contribution >= 0.6 is 0 Å². The van der Waals surface area contributed by atoms with Crippen LogP contribution in [-0.2, 0) is 9.53 Å². The van der Waals surface area contributed by atoms with Crippen molar-refractivity contribution < 1.29 is 19.4 Å². The van der Waals surface area contributed by atoms with Gasteiger partial charge in [-0.05, 0) is 38.5 Å². The third-order valence-electron chi connectivity index (χ3n) is 4.60. The molecule has 0 aliphatic carbocycles. The SMILES string of the molecule is CC(NC(=O)N1CCCC(CCC(=O)O)C1)C1CCOC1. The molecule has 0 aromatic rings. The number of carboxylic acids is 1. The summed E-state index contributed by atoms with van der Waals surface area (Å²) < 4.78 is 5.36. The predicted octanol–water partition coefficient (Wildman–Crippen LogP) is 1.70. The third-order valence-corrected chi connectivity index (χ3v) is 4.60. The Morgan fingerprint density at radius 3 is 2.90 bits per heavy atom. The molecular weight excluding hydrogens is 272 g/mol. The molecule has 0 aromatic carbocycles. The molecule has 0 spiro atoms. The van der Waals surface area contributed by atoms with E-state index in [1.165, 1.54) is 0 Å². The minimum atomic E-state index is -0.758. The van der Waals surface area contributed by atoms with Crippen LogP contribution < -0.4 is 5.32 Å². The van der Waals surface area contributed by atoms with Crippen molar-refractivity contribution in [3.05, 3.63) is 0 Å². The second-order valence-corrected chi connectivity index (χ2v) is 6.25. The van der Waals surface area contributed by atoms with Gasteiger partial charge in [-0.15, -0.1) is 0 Å². The van der Waals surface area contributed by atoms with Crippen LogP contribution in [0.4, 0.5) is 4.79 Å². The van der Waals surface area contributed by atoms with E-state index in [0.29, 0.717) is 24.8 Å². The molecule has 6 nitrogen and oxygen atoms in total. The van der Waals surface area contributed by atoms with E-state index >= 15 is 0 Å². The van der Waals surface area contributed by atoms with Crippen molar-refractivity contribution in [1.29, 1.82) is 0 Å². The Morgan fingerprint density at radius 2 is 2.24 bits per heavy atom. The van der Waals surface area contributed by atoms with Gasteiger partial charge in [-0.25, -0.2) is 4.79 Å². The van der Waals surface area contributed by atoms with E-state index in [0.717, 1.165) is 39.0 Å². The first-order chi connectivity index (χ1) is 10.1. The molecule has 2 rings (SSSR count). The highest BCUT2D eigenvalue weighted by Crippen LogP contribution is 2.22. The second kappa shape index (κ2) is 7.64. The minimum Gasteiger partial charge on any atom is -0.481 e. The van der Waals surface area contributed by atoms with Gasteiger partial charge in [0.15, 0.2) is 0 Å². The van der Waals surface area contributed by atoms with E-state index in [1.54, 1.807) is 0 Å². The highest BCUT2D eigenvalue weighted by Gasteiger charge is 2.28.